The molecule has 2 rings (SSSR count). The molecule has 0 saturated heterocycles. The molecule has 34 heavy (non-hydrogen) atoms. The fourth-order valence-electron chi connectivity index (χ4n) is 3.27. The summed E-state index contributed by atoms with van der Waals surface area (Å²) in [6, 6.07) is 5.58. The van der Waals surface area contributed by atoms with E-state index in [1.165, 1.54) is 0 Å². The van der Waals surface area contributed by atoms with Gasteiger partial charge in [-0.15, -0.1) is 19.7 Å². The molecule has 0 saturated carbocycles. The van der Waals surface area contributed by atoms with Crippen LogP contribution in [-0.4, -0.2) is 19.8 Å². The molecular formula is C28H33F3O3. The van der Waals surface area contributed by atoms with E-state index in [-0.39, 0.29) is 5.56 Å². The minimum Gasteiger partial charge on any atom is -0.493 e. The van der Waals surface area contributed by atoms with Crippen LogP contribution in [0.4, 0.5) is 13.2 Å². The Morgan fingerprint density at radius 1 is 0.676 bits per heavy atom. The van der Waals surface area contributed by atoms with E-state index in [1.807, 2.05) is 6.08 Å². The van der Waals surface area contributed by atoms with E-state index in [2.05, 4.69) is 19.7 Å². The summed E-state index contributed by atoms with van der Waals surface area (Å²) in [5, 5.41) is 0. The highest BCUT2D eigenvalue weighted by molar-refractivity contribution is 5.78. The summed E-state index contributed by atoms with van der Waals surface area (Å²) in [7, 11) is 0. The van der Waals surface area contributed by atoms with Gasteiger partial charge in [-0.25, -0.2) is 13.2 Å². The van der Waals surface area contributed by atoms with Crippen molar-refractivity contribution < 1.29 is 27.4 Å². The smallest absolute Gasteiger partial charge is 0.134 e. The highest BCUT2D eigenvalue weighted by Crippen LogP contribution is 2.43. The monoisotopic (exact) mass is 474 g/mol. The van der Waals surface area contributed by atoms with E-state index in [0.717, 1.165) is 37.8 Å². The van der Waals surface area contributed by atoms with E-state index in [0.29, 0.717) is 55.5 Å². The summed E-state index contributed by atoms with van der Waals surface area (Å²) in [4.78, 5) is 0. The number of ether oxygens (including phenoxy) is 3. The van der Waals surface area contributed by atoms with Crippen molar-refractivity contribution in [1.29, 1.82) is 0 Å². The number of rotatable bonds is 17. The van der Waals surface area contributed by atoms with Crippen molar-refractivity contribution in [2.45, 2.75) is 45.2 Å². The summed E-state index contributed by atoms with van der Waals surface area (Å²) in [5.74, 6) is -0.659. The van der Waals surface area contributed by atoms with Gasteiger partial charge in [0.25, 0.3) is 0 Å². The van der Waals surface area contributed by atoms with E-state index in [9.17, 15) is 13.2 Å². The van der Waals surface area contributed by atoms with Gasteiger partial charge in [0, 0.05) is 12.1 Å². The molecule has 0 atom stereocenters. The van der Waals surface area contributed by atoms with Gasteiger partial charge in [0.15, 0.2) is 0 Å². The Hall–Kier alpha value is -3.15. The molecule has 2 aromatic rings. The van der Waals surface area contributed by atoms with Gasteiger partial charge in [-0.05, 0) is 56.2 Å². The van der Waals surface area contributed by atoms with E-state index < -0.39 is 23.9 Å². The molecule has 0 amide bonds. The fraction of sp³-hybridized carbons (Fsp3) is 0.357. The van der Waals surface area contributed by atoms with Crippen LogP contribution in [0.5, 0.6) is 17.2 Å². The molecule has 0 unspecified atom stereocenters. The molecule has 0 aliphatic heterocycles. The van der Waals surface area contributed by atoms with E-state index >= 15 is 0 Å². The lowest BCUT2D eigenvalue weighted by molar-refractivity contribution is 0.284. The van der Waals surface area contributed by atoms with Crippen molar-refractivity contribution in [3.05, 3.63) is 79.4 Å². The maximum absolute atomic E-state index is 14.5. The van der Waals surface area contributed by atoms with Crippen LogP contribution < -0.4 is 14.2 Å². The third kappa shape index (κ3) is 8.01. The number of hydrogen-bond acceptors (Lipinski definition) is 3. The van der Waals surface area contributed by atoms with Crippen LogP contribution in [0.25, 0.3) is 11.1 Å². The molecular weight excluding hydrogens is 441 g/mol. The number of hydrogen-bond donors (Lipinski definition) is 0. The first-order chi connectivity index (χ1) is 16.5. The molecule has 0 heterocycles. The lowest BCUT2D eigenvalue weighted by Gasteiger charge is -2.19. The Labute approximate surface area is 200 Å². The van der Waals surface area contributed by atoms with Gasteiger partial charge in [-0.3, -0.25) is 0 Å². The third-order valence-corrected chi connectivity index (χ3v) is 5.04. The fourth-order valence-corrected chi connectivity index (χ4v) is 3.27. The number of alkyl halides is 1. The highest BCUT2D eigenvalue weighted by atomic mass is 19.1. The SMILES string of the molecule is C=CCCCOc1cc(OCCCC=C)c(-c2cc(F)c(CF)c(F)c2)c(OCCCC=C)c1. The number of allylic oxidation sites excluding steroid dienone is 3. The second kappa shape index (κ2) is 14.9. The largest absolute Gasteiger partial charge is 0.493 e. The first kappa shape index (κ1) is 27.1. The zero-order chi connectivity index (χ0) is 24.8. The van der Waals surface area contributed by atoms with Gasteiger partial charge in [0.2, 0.25) is 0 Å². The van der Waals surface area contributed by atoms with Crippen molar-refractivity contribution >= 4 is 0 Å². The number of benzene rings is 2. The molecule has 0 spiro atoms. The Kier molecular flexibility index (Phi) is 11.9. The predicted octanol–water partition coefficient (Wildman–Crippen LogP) is 8.14. The van der Waals surface area contributed by atoms with Crippen LogP contribution in [0.1, 0.15) is 44.1 Å². The molecule has 6 heteroatoms. The maximum atomic E-state index is 14.5. The molecule has 0 N–H and O–H groups in total. The van der Waals surface area contributed by atoms with Gasteiger partial charge in [-0.2, -0.15) is 0 Å². The van der Waals surface area contributed by atoms with Gasteiger partial charge in [0.05, 0.1) is 30.9 Å². The molecule has 0 bridgehead atoms. The summed E-state index contributed by atoms with van der Waals surface area (Å²) in [5.41, 5.74) is -0.0190. The summed E-state index contributed by atoms with van der Waals surface area (Å²) in [6.45, 7) is 11.1. The van der Waals surface area contributed by atoms with E-state index in [4.69, 9.17) is 14.2 Å². The normalized spacial score (nSPS) is 10.6. The lowest BCUT2D eigenvalue weighted by Crippen LogP contribution is -2.05. The maximum Gasteiger partial charge on any atom is 0.134 e. The van der Waals surface area contributed by atoms with Crippen molar-refractivity contribution in [2.24, 2.45) is 0 Å². The summed E-state index contributed by atoms with van der Waals surface area (Å²) >= 11 is 0. The van der Waals surface area contributed by atoms with Crippen molar-refractivity contribution in [1.82, 2.24) is 0 Å². The topological polar surface area (TPSA) is 27.7 Å². The molecule has 0 radical (unpaired) electrons. The molecule has 2 aromatic carbocycles. The predicted molar refractivity (Wildman–Crippen MR) is 131 cm³/mol. The molecule has 0 aliphatic carbocycles. The van der Waals surface area contributed by atoms with Crippen molar-refractivity contribution in [3.63, 3.8) is 0 Å². The molecule has 184 valence electrons. The Morgan fingerprint density at radius 3 is 1.53 bits per heavy atom. The van der Waals surface area contributed by atoms with Gasteiger partial charge in [0.1, 0.15) is 35.6 Å². The van der Waals surface area contributed by atoms with Crippen molar-refractivity contribution in [2.75, 3.05) is 19.8 Å². The summed E-state index contributed by atoms with van der Waals surface area (Å²) < 4.78 is 59.9. The van der Waals surface area contributed by atoms with Crippen LogP contribution in [-0.2, 0) is 6.67 Å². The van der Waals surface area contributed by atoms with Crippen LogP contribution in [0.15, 0.2) is 62.2 Å². The summed E-state index contributed by atoms with van der Waals surface area (Å²) in [6.07, 6.45) is 9.94. The second-order valence-electron chi connectivity index (χ2n) is 7.68. The standard InChI is InChI=1S/C28H33F3O3/c1-4-7-10-13-32-22-18-26(33-14-11-8-5-2)28(27(19-22)34-15-12-9-6-3)21-16-24(30)23(20-29)25(31)17-21/h4-6,16-19H,1-3,7-15,20H2. The quantitative estimate of drug-likeness (QED) is 0.171. The second-order valence-corrected chi connectivity index (χ2v) is 7.68. The van der Waals surface area contributed by atoms with Gasteiger partial charge >= 0.3 is 0 Å². The Balaban J connectivity index is 2.52. The lowest BCUT2D eigenvalue weighted by atomic mass is 10.0. The van der Waals surface area contributed by atoms with Crippen molar-refractivity contribution in [3.8, 4) is 28.4 Å². The van der Waals surface area contributed by atoms with E-state index in [1.54, 1.807) is 24.3 Å². The highest BCUT2D eigenvalue weighted by Gasteiger charge is 2.20. The Bertz CT molecular complexity index is 896. The molecule has 0 aliphatic rings. The van der Waals surface area contributed by atoms with Crippen LogP contribution in [0.3, 0.4) is 0 Å². The number of unbranched alkanes of at least 4 members (excludes halogenated alkanes) is 3. The van der Waals surface area contributed by atoms with Crippen LogP contribution in [0.2, 0.25) is 0 Å². The minimum absolute atomic E-state index is 0.197. The average molecular weight is 475 g/mol. The first-order valence-corrected chi connectivity index (χ1v) is 11.5. The zero-order valence-electron chi connectivity index (χ0n) is 19.6. The number of halogens is 3. The van der Waals surface area contributed by atoms with Crippen LogP contribution in [0, 0.1) is 11.6 Å². The zero-order valence-corrected chi connectivity index (χ0v) is 19.6. The average Bonchev–Trinajstić information content (AvgIpc) is 2.82. The van der Waals surface area contributed by atoms with Crippen LogP contribution >= 0.6 is 0 Å². The Morgan fingerprint density at radius 2 is 1.12 bits per heavy atom. The molecule has 0 aromatic heterocycles. The van der Waals surface area contributed by atoms with Gasteiger partial charge < -0.3 is 14.2 Å². The minimum atomic E-state index is -1.23. The molecule has 3 nitrogen and oxygen atoms in total. The third-order valence-electron chi connectivity index (χ3n) is 5.04. The molecule has 0 fully saturated rings. The van der Waals surface area contributed by atoms with Gasteiger partial charge in [-0.1, -0.05) is 18.2 Å². The first-order valence-electron chi connectivity index (χ1n) is 11.5.